The largest absolute Gasteiger partial charge is 0.476 e. The molecule has 1 aliphatic heterocycles. The molecule has 1 heterocycles. The molecule has 0 amide bonds. The van der Waals surface area contributed by atoms with Crippen molar-refractivity contribution in [1.29, 1.82) is 0 Å². The topological polar surface area (TPSA) is 21.3 Å². The molecule has 0 saturated carbocycles. The van der Waals surface area contributed by atoms with Crippen molar-refractivity contribution < 1.29 is 17.9 Å². The van der Waals surface area contributed by atoms with E-state index in [0.717, 1.165) is 19.5 Å². The van der Waals surface area contributed by atoms with Gasteiger partial charge < -0.3 is 10.1 Å². The minimum absolute atomic E-state index is 0.170. The van der Waals surface area contributed by atoms with Gasteiger partial charge in [-0.25, -0.2) is 0 Å². The first-order valence-corrected chi connectivity index (χ1v) is 8.18. The molecule has 0 aromatic heterocycles. The minimum Gasteiger partial charge on any atom is -0.476 e. The van der Waals surface area contributed by atoms with Gasteiger partial charge in [-0.15, -0.1) is 0 Å². The number of hydrogen-bond donors (Lipinski definition) is 1. The quantitative estimate of drug-likeness (QED) is 0.539. The van der Waals surface area contributed by atoms with Crippen LogP contribution in [0.4, 0.5) is 13.2 Å². The smallest absolute Gasteiger partial charge is 0.421 e. The van der Waals surface area contributed by atoms with Crippen LogP contribution in [0.25, 0.3) is 0 Å². The Morgan fingerprint density at radius 1 is 1.43 bits per heavy atom. The van der Waals surface area contributed by atoms with Crippen molar-refractivity contribution in [2.45, 2.75) is 29.5 Å². The summed E-state index contributed by atoms with van der Waals surface area (Å²) in [7, 11) is 0. The summed E-state index contributed by atoms with van der Waals surface area (Å²) >= 11 is 7.86. The van der Waals surface area contributed by atoms with Crippen molar-refractivity contribution in [3.8, 4) is 5.75 Å². The molecule has 1 aromatic rings. The van der Waals surface area contributed by atoms with Crippen molar-refractivity contribution in [3.63, 3.8) is 0 Å². The molecule has 1 N–H and O–H groups in total. The molecule has 2 rings (SSSR count). The molecule has 0 bridgehead atoms. The standard InChI is InChI=1S/C14H16ClF3INO/c1-2-13(19,9-6-7-20-8-9)21-11-5-3-4-10(15)12(11)14(16,17)18/h3-5,9,20H,2,6-8H2,1H3/t9?,13-/m1/s1. The highest BCUT2D eigenvalue weighted by molar-refractivity contribution is 14.1. The average molecular weight is 434 g/mol. The van der Waals surface area contributed by atoms with E-state index in [1.54, 1.807) is 0 Å². The van der Waals surface area contributed by atoms with Crippen LogP contribution >= 0.6 is 34.2 Å². The first-order chi connectivity index (χ1) is 9.78. The van der Waals surface area contributed by atoms with Crippen LogP contribution in [0, 0.1) is 5.92 Å². The van der Waals surface area contributed by atoms with E-state index in [0.29, 0.717) is 6.42 Å². The fourth-order valence-electron chi connectivity index (χ4n) is 2.51. The van der Waals surface area contributed by atoms with Crippen LogP contribution in [0.5, 0.6) is 5.75 Å². The lowest BCUT2D eigenvalue weighted by Crippen LogP contribution is -2.38. The lowest BCUT2D eigenvalue weighted by molar-refractivity contribution is -0.139. The van der Waals surface area contributed by atoms with E-state index in [4.69, 9.17) is 16.3 Å². The fraction of sp³-hybridized carbons (Fsp3) is 0.571. The van der Waals surface area contributed by atoms with Gasteiger partial charge in [0.15, 0.2) is 3.61 Å². The van der Waals surface area contributed by atoms with E-state index >= 15 is 0 Å². The van der Waals surface area contributed by atoms with Crippen LogP contribution in [0.2, 0.25) is 5.02 Å². The summed E-state index contributed by atoms with van der Waals surface area (Å²) in [6.45, 7) is 3.53. The van der Waals surface area contributed by atoms with Gasteiger partial charge in [0.1, 0.15) is 11.3 Å². The highest BCUT2D eigenvalue weighted by Gasteiger charge is 2.42. The predicted octanol–water partition coefficient (Wildman–Crippen LogP) is 4.89. The predicted molar refractivity (Wildman–Crippen MR) is 85.1 cm³/mol. The average Bonchev–Trinajstić information content (AvgIpc) is 2.91. The Balaban J connectivity index is 2.36. The SMILES string of the molecule is CC[C@@](I)(Oc1cccc(Cl)c1C(F)(F)F)C1CCNC1. The number of rotatable bonds is 4. The summed E-state index contributed by atoms with van der Waals surface area (Å²) < 4.78 is 44.7. The van der Waals surface area contributed by atoms with Gasteiger partial charge in [-0.3, -0.25) is 0 Å². The van der Waals surface area contributed by atoms with Gasteiger partial charge in [-0.2, -0.15) is 13.2 Å². The molecule has 0 spiro atoms. The number of benzene rings is 1. The monoisotopic (exact) mass is 433 g/mol. The van der Waals surface area contributed by atoms with E-state index in [2.05, 4.69) is 27.9 Å². The Morgan fingerprint density at radius 3 is 2.67 bits per heavy atom. The van der Waals surface area contributed by atoms with Crippen molar-refractivity contribution in [2.75, 3.05) is 13.1 Å². The van der Waals surface area contributed by atoms with Crippen LogP contribution in [0.1, 0.15) is 25.3 Å². The van der Waals surface area contributed by atoms with Gasteiger partial charge in [0.05, 0.1) is 5.02 Å². The Bertz CT molecular complexity index is 505. The van der Waals surface area contributed by atoms with E-state index in [-0.39, 0.29) is 16.7 Å². The molecule has 0 radical (unpaired) electrons. The third kappa shape index (κ3) is 3.76. The highest BCUT2D eigenvalue weighted by atomic mass is 127. The third-order valence-corrected chi connectivity index (χ3v) is 5.87. The van der Waals surface area contributed by atoms with Crippen LogP contribution in [0.15, 0.2) is 18.2 Å². The Morgan fingerprint density at radius 2 is 2.14 bits per heavy atom. The second kappa shape index (κ2) is 6.50. The van der Waals surface area contributed by atoms with E-state index in [1.807, 2.05) is 6.92 Å². The fourth-order valence-corrected chi connectivity index (χ4v) is 3.56. The van der Waals surface area contributed by atoms with Crippen molar-refractivity contribution in [3.05, 3.63) is 28.8 Å². The maximum Gasteiger partial charge on any atom is 0.421 e. The summed E-state index contributed by atoms with van der Waals surface area (Å²) in [5.74, 6) is -0.0266. The maximum absolute atomic E-state index is 13.2. The number of nitrogens with one attached hydrogen (secondary N) is 1. The second-order valence-corrected chi connectivity index (χ2v) is 7.28. The molecule has 1 aromatic carbocycles. The molecule has 7 heteroatoms. The molecule has 1 saturated heterocycles. The van der Waals surface area contributed by atoms with Crippen LogP contribution in [0.3, 0.4) is 0 Å². The minimum atomic E-state index is -4.53. The molecule has 2 nitrogen and oxygen atoms in total. The first-order valence-electron chi connectivity index (χ1n) is 6.72. The van der Waals surface area contributed by atoms with Crippen LogP contribution < -0.4 is 10.1 Å². The first kappa shape index (κ1) is 17.1. The van der Waals surface area contributed by atoms with Crippen LogP contribution in [-0.2, 0) is 6.18 Å². The van der Waals surface area contributed by atoms with E-state index in [9.17, 15) is 13.2 Å². The summed E-state index contributed by atoms with van der Waals surface area (Å²) in [5.41, 5.74) is -0.896. The molecular weight excluding hydrogens is 418 g/mol. The highest BCUT2D eigenvalue weighted by Crippen LogP contribution is 2.45. The van der Waals surface area contributed by atoms with Gasteiger partial charge in [-0.1, -0.05) is 24.6 Å². The Labute approximate surface area is 140 Å². The van der Waals surface area contributed by atoms with Crippen molar-refractivity contribution in [1.82, 2.24) is 5.32 Å². The summed E-state index contributed by atoms with van der Waals surface area (Å²) in [6, 6.07) is 4.04. The lowest BCUT2D eigenvalue weighted by atomic mass is 9.99. The summed E-state index contributed by atoms with van der Waals surface area (Å²) in [4.78, 5) is 0. The molecule has 2 atom stereocenters. The third-order valence-electron chi connectivity index (χ3n) is 3.69. The van der Waals surface area contributed by atoms with Crippen molar-refractivity contribution >= 4 is 34.2 Å². The maximum atomic E-state index is 13.2. The normalized spacial score (nSPS) is 22.1. The number of halogens is 5. The Kier molecular flexibility index (Phi) is 5.31. The number of hydrogen-bond acceptors (Lipinski definition) is 2. The van der Waals surface area contributed by atoms with Crippen LogP contribution in [-0.4, -0.2) is 16.7 Å². The zero-order valence-corrected chi connectivity index (χ0v) is 14.3. The van der Waals surface area contributed by atoms with Gasteiger partial charge in [0, 0.05) is 12.5 Å². The second-order valence-electron chi connectivity index (χ2n) is 5.04. The van der Waals surface area contributed by atoms with Gasteiger partial charge in [0.25, 0.3) is 0 Å². The zero-order valence-electron chi connectivity index (χ0n) is 11.4. The van der Waals surface area contributed by atoms with Crippen molar-refractivity contribution in [2.24, 2.45) is 5.92 Å². The van der Waals surface area contributed by atoms with E-state index < -0.39 is 15.3 Å². The molecule has 118 valence electrons. The zero-order chi connectivity index (χ0) is 15.7. The van der Waals surface area contributed by atoms with Gasteiger partial charge in [0.2, 0.25) is 0 Å². The number of ether oxygens (including phenoxy) is 1. The number of alkyl halides is 4. The molecule has 1 fully saturated rings. The lowest BCUT2D eigenvalue weighted by Gasteiger charge is -2.34. The summed E-state index contributed by atoms with van der Waals surface area (Å²) in [5, 5.41) is 2.89. The van der Waals surface area contributed by atoms with Gasteiger partial charge in [-0.05, 0) is 54.1 Å². The molecule has 1 aliphatic rings. The Hall–Kier alpha value is -0.210. The van der Waals surface area contributed by atoms with Gasteiger partial charge >= 0.3 is 6.18 Å². The molecule has 1 unspecified atom stereocenters. The van der Waals surface area contributed by atoms with E-state index in [1.165, 1.54) is 18.2 Å². The molecule has 0 aliphatic carbocycles. The molecular formula is C14H16ClF3INO. The molecule has 21 heavy (non-hydrogen) atoms. The summed E-state index contributed by atoms with van der Waals surface area (Å²) in [6.07, 6.45) is -3.03.